The maximum Gasteiger partial charge on any atom is 0.228 e. The number of carbonyl (C=O) groups excluding carboxylic acids is 1. The van der Waals surface area contributed by atoms with E-state index in [-0.39, 0.29) is 11.8 Å². The first kappa shape index (κ1) is 18.9. The first-order chi connectivity index (χ1) is 12.6. The molecule has 1 amide bonds. The lowest BCUT2D eigenvalue weighted by molar-refractivity contribution is -0.126. The predicted octanol–water partition coefficient (Wildman–Crippen LogP) is 3.33. The van der Waals surface area contributed by atoms with E-state index in [1.54, 1.807) is 0 Å². The Kier molecular flexibility index (Phi) is 5.94. The van der Waals surface area contributed by atoms with Crippen LogP contribution in [0.5, 0.6) is 0 Å². The highest BCUT2D eigenvalue weighted by Gasteiger charge is 2.43. The third kappa shape index (κ3) is 3.49. The zero-order valence-electron chi connectivity index (χ0n) is 15.9. The van der Waals surface area contributed by atoms with E-state index >= 15 is 0 Å². The van der Waals surface area contributed by atoms with Gasteiger partial charge in [0, 0.05) is 13.1 Å². The van der Waals surface area contributed by atoms with Gasteiger partial charge in [-0.3, -0.25) is 9.69 Å². The van der Waals surface area contributed by atoms with Gasteiger partial charge in [-0.05, 0) is 35.2 Å². The van der Waals surface area contributed by atoms with Crippen molar-refractivity contribution in [1.82, 2.24) is 4.90 Å². The van der Waals surface area contributed by atoms with E-state index in [0.29, 0.717) is 0 Å². The quantitative estimate of drug-likeness (QED) is 0.830. The normalized spacial score (nSPS) is 19.2. The third-order valence-electron chi connectivity index (χ3n) is 6.09. The number of hydrogen-bond donors (Lipinski definition) is 1. The highest BCUT2D eigenvalue weighted by atomic mass is 16.5. The highest BCUT2D eigenvalue weighted by Crippen LogP contribution is 2.41. The van der Waals surface area contributed by atoms with Crippen LogP contribution in [0.4, 0.5) is 0 Å². The smallest absolute Gasteiger partial charge is 0.228 e. The van der Waals surface area contributed by atoms with E-state index in [0.717, 1.165) is 62.0 Å². The lowest BCUT2D eigenvalue weighted by atomic mass is 9.66. The third-order valence-corrected chi connectivity index (χ3v) is 6.09. The lowest BCUT2D eigenvalue weighted by Crippen LogP contribution is -2.49. The standard InChI is InChI=1S/C22H30N2O2/c1-3-17(2)22(21(23)25,11-12-24-13-15-26-16-14-24)20-10-6-8-18-7-4-5-9-19(18)20/h4-10,17H,3,11-16H2,1-2H3,(H2,23,25). The number of benzene rings is 2. The van der Waals surface area contributed by atoms with Gasteiger partial charge in [-0.25, -0.2) is 0 Å². The number of rotatable bonds is 7. The minimum Gasteiger partial charge on any atom is -0.379 e. The van der Waals surface area contributed by atoms with E-state index in [9.17, 15) is 4.79 Å². The molecule has 0 aliphatic carbocycles. The van der Waals surface area contributed by atoms with Crippen LogP contribution in [-0.2, 0) is 14.9 Å². The Morgan fingerprint density at radius 2 is 1.88 bits per heavy atom. The molecule has 1 fully saturated rings. The van der Waals surface area contributed by atoms with Crippen LogP contribution in [0.15, 0.2) is 42.5 Å². The molecule has 0 spiro atoms. The van der Waals surface area contributed by atoms with Crippen molar-refractivity contribution in [3.63, 3.8) is 0 Å². The molecule has 3 rings (SSSR count). The molecule has 4 heteroatoms. The molecule has 2 N–H and O–H groups in total. The molecular formula is C22H30N2O2. The number of nitrogens with zero attached hydrogens (tertiary/aromatic N) is 1. The van der Waals surface area contributed by atoms with Gasteiger partial charge in [-0.2, -0.15) is 0 Å². The number of carbonyl (C=O) groups is 1. The Hall–Kier alpha value is -1.91. The molecule has 4 nitrogen and oxygen atoms in total. The Bertz CT molecular complexity index is 749. The number of nitrogens with two attached hydrogens (primary N) is 1. The van der Waals surface area contributed by atoms with Crippen molar-refractivity contribution in [2.75, 3.05) is 32.8 Å². The van der Waals surface area contributed by atoms with Crippen LogP contribution in [0.2, 0.25) is 0 Å². The van der Waals surface area contributed by atoms with Gasteiger partial charge in [0.25, 0.3) is 0 Å². The van der Waals surface area contributed by atoms with E-state index < -0.39 is 5.41 Å². The van der Waals surface area contributed by atoms with E-state index in [2.05, 4.69) is 43.0 Å². The summed E-state index contributed by atoms with van der Waals surface area (Å²) in [5, 5.41) is 2.29. The van der Waals surface area contributed by atoms with Crippen molar-refractivity contribution in [2.45, 2.75) is 32.1 Å². The van der Waals surface area contributed by atoms with Crippen molar-refractivity contribution in [2.24, 2.45) is 11.7 Å². The second kappa shape index (κ2) is 8.19. The summed E-state index contributed by atoms with van der Waals surface area (Å²) < 4.78 is 5.46. The molecule has 140 valence electrons. The van der Waals surface area contributed by atoms with Gasteiger partial charge in [0.15, 0.2) is 0 Å². The molecule has 2 atom stereocenters. The summed E-state index contributed by atoms with van der Waals surface area (Å²) in [4.78, 5) is 15.3. The summed E-state index contributed by atoms with van der Waals surface area (Å²) in [5.41, 5.74) is 6.52. The summed E-state index contributed by atoms with van der Waals surface area (Å²) in [5.74, 6) is -0.0386. The highest BCUT2D eigenvalue weighted by molar-refractivity contribution is 5.95. The Morgan fingerprint density at radius 1 is 1.19 bits per heavy atom. The van der Waals surface area contributed by atoms with Crippen molar-refractivity contribution in [1.29, 1.82) is 0 Å². The zero-order chi connectivity index (χ0) is 18.6. The monoisotopic (exact) mass is 354 g/mol. The van der Waals surface area contributed by atoms with Gasteiger partial charge in [0.1, 0.15) is 0 Å². The van der Waals surface area contributed by atoms with Crippen molar-refractivity contribution in [3.05, 3.63) is 48.0 Å². The van der Waals surface area contributed by atoms with Gasteiger partial charge in [-0.15, -0.1) is 0 Å². The Balaban J connectivity index is 2.05. The fraction of sp³-hybridized carbons (Fsp3) is 0.500. The van der Waals surface area contributed by atoms with Gasteiger partial charge in [0.2, 0.25) is 5.91 Å². The SMILES string of the molecule is CCC(C)C(CCN1CCOCC1)(C(N)=O)c1cccc2ccccc12. The Morgan fingerprint density at radius 3 is 2.58 bits per heavy atom. The van der Waals surface area contributed by atoms with Crippen LogP contribution in [-0.4, -0.2) is 43.7 Å². The van der Waals surface area contributed by atoms with Crippen LogP contribution in [0.3, 0.4) is 0 Å². The molecule has 0 aromatic heterocycles. The molecule has 1 aliphatic rings. The van der Waals surface area contributed by atoms with Crippen LogP contribution >= 0.6 is 0 Å². The molecule has 0 radical (unpaired) electrons. The topological polar surface area (TPSA) is 55.6 Å². The van der Waals surface area contributed by atoms with Crippen LogP contribution in [0.25, 0.3) is 10.8 Å². The summed E-state index contributed by atoms with van der Waals surface area (Å²) in [6.07, 6.45) is 1.65. The number of primary amides is 1. The maximum atomic E-state index is 12.9. The number of amides is 1. The molecule has 1 heterocycles. The minimum atomic E-state index is -0.659. The van der Waals surface area contributed by atoms with Gasteiger partial charge in [0.05, 0.1) is 18.6 Å². The van der Waals surface area contributed by atoms with Gasteiger partial charge >= 0.3 is 0 Å². The maximum absolute atomic E-state index is 12.9. The number of morpholine rings is 1. The van der Waals surface area contributed by atoms with E-state index in [1.165, 1.54) is 0 Å². The second-order valence-electron chi connectivity index (χ2n) is 7.38. The minimum absolute atomic E-state index is 0.173. The summed E-state index contributed by atoms with van der Waals surface area (Å²) in [6, 6.07) is 14.5. The largest absolute Gasteiger partial charge is 0.379 e. The van der Waals surface area contributed by atoms with Crippen molar-refractivity contribution in [3.8, 4) is 0 Å². The molecule has 2 aromatic carbocycles. The van der Waals surface area contributed by atoms with Crippen molar-refractivity contribution < 1.29 is 9.53 Å². The molecule has 1 aliphatic heterocycles. The van der Waals surface area contributed by atoms with Crippen LogP contribution in [0, 0.1) is 5.92 Å². The molecule has 2 unspecified atom stereocenters. The molecule has 26 heavy (non-hydrogen) atoms. The van der Waals surface area contributed by atoms with Crippen LogP contribution < -0.4 is 5.73 Å². The first-order valence-corrected chi connectivity index (χ1v) is 9.68. The molecule has 2 aromatic rings. The second-order valence-corrected chi connectivity index (χ2v) is 7.38. The zero-order valence-corrected chi connectivity index (χ0v) is 15.9. The molecule has 0 bridgehead atoms. The fourth-order valence-electron chi connectivity index (χ4n) is 4.27. The van der Waals surface area contributed by atoms with E-state index in [1.807, 2.05) is 18.2 Å². The molecule has 0 saturated carbocycles. The lowest BCUT2D eigenvalue weighted by Gasteiger charge is -2.39. The van der Waals surface area contributed by atoms with Crippen molar-refractivity contribution >= 4 is 16.7 Å². The average molecular weight is 354 g/mol. The average Bonchev–Trinajstić information content (AvgIpc) is 2.68. The van der Waals surface area contributed by atoms with Gasteiger partial charge < -0.3 is 10.5 Å². The summed E-state index contributed by atoms with van der Waals surface area (Å²) >= 11 is 0. The number of hydrogen-bond acceptors (Lipinski definition) is 3. The predicted molar refractivity (Wildman–Crippen MR) is 106 cm³/mol. The summed E-state index contributed by atoms with van der Waals surface area (Å²) in [7, 11) is 0. The van der Waals surface area contributed by atoms with Crippen LogP contribution in [0.1, 0.15) is 32.3 Å². The number of fused-ring (bicyclic) bond motifs is 1. The molecular weight excluding hydrogens is 324 g/mol. The Labute approximate surface area is 156 Å². The number of ether oxygens (including phenoxy) is 1. The van der Waals surface area contributed by atoms with Gasteiger partial charge in [-0.1, -0.05) is 62.7 Å². The first-order valence-electron chi connectivity index (χ1n) is 9.68. The van der Waals surface area contributed by atoms with E-state index in [4.69, 9.17) is 10.5 Å². The summed E-state index contributed by atoms with van der Waals surface area (Å²) in [6.45, 7) is 8.53. The molecule has 1 saturated heterocycles. The fourth-order valence-corrected chi connectivity index (χ4v) is 4.27.